The molecule has 0 aromatic carbocycles. The van der Waals surface area contributed by atoms with E-state index in [1.165, 1.54) is 19.2 Å². The van der Waals surface area contributed by atoms with Crippen LogP contribution in [0.2, 0.25) is 0 Å². The molecule has 1 fully saturated rings. The monoisotopic (exact) mass is 265 g/mol. The van der Waals surface area contributed by atoms with E-state index in [0.717, 1.165) is 12.8 Å². The zero-order chi connectivity index (χ0) is 14.0. The zero-order valence-corrected chi connectivity index (χ0v) is 10.8. The highest BCUT2D eigenvalue weighted by Crippen LogP contribution is 2.45. The Hall–Kier alpha value is -2.18. The van der Waals surface area contributed by atoms with Crippen molar-refractivity contribution in [1.29, 1.82) is 0 Å². The van der Waals surface area contributed by atoms with Crippen LogP contribution in [-0.2, 0) is 4.74 Å². The van der Waals surface area contributed by atoms with Gasteiger partial charge in [0, 0.05) is 12.6 Å². The SMILES string of the molecule is COC(=O)c1ccc([N+](=O)[O-])c(NCC2(C)CC2)n1. The van der Waals surface area contributed by atoms with Gasteiger partial charge in [-0.2, -0.15) is 0 Å². The van der Waals surface area contributed by atoms with Crippen molar-refractivity contribution in [3.63, 3.8) is 0 Å². The summed E-state index contributed by atoms with van der Waals surface area (Å²) in [6, 6.07) is 2.55. The van der Waals surface area contributed by atoms with Gasteiger partial charge in [-0.25, -0.2) is 9.78 Å². The van der Waals surface area contributed by atoms with Crippen molar-refractivity contribution in [2.45, 2.75) is 19.8 Å². The largest absolute Gasteiger partial charge is 0.464 e. The molecule has 1 N–H and O–H groups in total. The van der Waals surface area contributed by atoms with E-state index in [-0.39, 0.29) is 22.6 Å². The van der Waals surface area contributed by atoms with E-state index in [1.54, 1.807) is 0 Å². The van der Waals surface area contributed by atoms with E-state index >= 15 is 0 Å². The summed E-state index contributed by atoms with van der Waals surface area (Å²) in [6.45, 7) is 2.70. The number of nitro groups is 1. The second kappa shape index (κ2) is 4.83. The second-order valence-corrected chi connectivity index (χ2v) is 4.98. The summed E-state index contributed by atoms with van der Waals surface area (Å²) in [7, 11) is 1.24. The second-order valence-electron chi connectivity index (χ2n) is 4.98. The highest BCUT2D eigenvalue weighted by Gasteiger charge is 2.37. The van der Waals surface area contributed by atoms with Crippen molar-refractivity contribution >= 4 is 17.5 Å². The molecule has 0 atom stereocenters. The lowest BCUT2D eigenvalue weighted by Gasteiger charge is -2.11. The molecule has 0 aliphatic heterocycles. The van der Waals surface area contributed by atoms with Crippen LogP contribution in [0.1, 0.15) is 30.3 Å². The Morgan fingerprint density at radius 2 is 2.26 bits per heavy atom. The molecule has 0 spiro atoms. The van der Waals surface area contributed by atoms with Crippen molar-refractivity contribution in [3.8, 4) is 0 Å². The van der Waals surface area contributed by atoms with Crippen molar-refractivity contribution in [2.75, 3.05) is 19.0 Å². The minimum atomic E-state index is -0.615. The molecule has 19 heavy (non-hydrogen) atoms. The van der Waals surface area contributed by atoms with Gasteiger partial charge in [0.1, 0.15) is 0 Å². The van der Waals surface area contributed by atoms with Gasteiger partial charge in [0.2, 0.25) is 5.82 Å². The summed E-state index contributed by atoms with van der Waals surface area (Å²) >= 11 is 0. The fourth-order valence-electron chi connectivity index (χ4n) is 1.63. The highest BCUT2D eigenvalue weighted by atomic mass is 16.6. The molecule has 1 aliphatic rings. The summed E-state index contributed by atoms with van der Waals surface area (Å²) in [5.41, 5.74) is 0.0880. The van der Waals surface area contributed by atoms with Crippen LogP contribution in [0.3, 0.4) is 0 Å². The van der Waals surface area contributed by atoms with Gasteiger partial charge in [-0.15, -0.1) is 0 Å². The predicted molar refractivity (Wildman–Crippen MR) is 68.1 cm³/mol. The first-order valence-electron chi connectivity index (χ1n) is 5.93. The lowest BCUT2D eigenvalue weighted by molar-refractivity contribution is -0.384. The van der Waals surface area contributed by atoms with Crippen LogP contribution in [-0.4, -0.2) is 29.5 Å². The van der Waals surface area contributed by atoms with Crippen molar-refractivity contribution < 1.29 is 14.5 Å². The van der Waals surface area contributed by atoms with E-state index in [1.807, 2.05) is 0 Å². The Labute approximate surface area is 110 Å². The molecule has 0 bridgehead atoms. The van der Waals surface area contributed by atoms with E-state index in [0.29, 0.717) is 6.54 Å². The van der Waals surface area contributed by atoms with Gasteiger partial charge in [-0.1, -0.05) is 6.92 Å². The molecule has 1 aromatic rings. The molecule has 1 heterocycles. The number of carbonyl (C=O) groups excluding carboxylic acids is 1. The number of esters is 1. The average Bonchev–Trinajstić information content (AvgIpc) is 3.13. The standard InChI is InChI=1S/C12H15N3O4/c1-12(5-6-12)7-13-10-9(15(17)18)4-3-8(14-10)11(16)19-2/h3-4H,5-7H2,1-2H3,(H,13,14). The number of ether oxygens (including phenoxy) is 1. The number of hydrogen-bond acceptors (Lipinski definition) is 6. The molecule has 0 saturated heterocycles. The number of nitrogens with zero attached hydrogens (tertiary/aromatic N) is 2. The summed E-state index contributed by atoms with van der Waals surface area (Å²) in [4.78, 5) is 25.7. The summed E-state index contributed by atoms with van der Waals surface area (Å²) < 4.78 is 4.55. The van der Waals surface area contributed by atoms with E-state index in [4.69, 9.17) is 0 Å². The van der Waals surface area contributed by atoms with Gasteiger partial charge in [0.25, 0.3) is 0 Å². The Balaban J connectivity index is 2.24. The first-order chi connectivity index (χ1) is 8.95. The van der Waals surface area contributed by atoms with Gasteiger partial charge < -0.3 is 10.1 Å². The molecule has 1 aromatic heterocycles. The van der Waals surface area contributed by atoms with Crippen LogP contribution < -0.4 is 5.32 Å². The van der Waals surface area contributed by atoms with Gasteiger partial charge >= 0.3 is 11.7 Å². The number of nitrogens with one attached hydrogen (secondary N) is 1. The predicted octanol–water partition coefficient (Wildman–Crippen LogP) is 1.99. The number of carbonyl (C=O) groups is 1. The number of hydrogen-bond donors (Lipinski definition) is 1. The summed E-state index contributed by atoms with van der Waals surface area (Å²) in [6.07, 6.45) is 2.18. The van der Waals surface area contributed by atoms with Gasteiger partial charge in [0.15, 0.2) is 5.69 Å². The van der Waals surface area contributed by atoms with Crippen LogP contribution in [0.5, 0.6) is 0 Å². The quantitative estimate of drug-likeness (QED) is 0.497. The number of anilines is 1. The molecule has 102 valence electrons. The molecule has 0 unspecified atom stereocenters. The lowest BCUT2D eigenvalue weighted by atomic mass is 10.1. The van der Waals surface area contributed by atoms with Gasteiger partial charge in [0.05, 0.1) is 12.0 Å². The van der Waals surface area contributed by atoms with E-state index < -0.39 is 10.9 Å². The van der Waals surface area contributed by atoms with Crippen LogP contribution in [0, 0.1) is 15.5 Å². The minimum Gasteiger partial charge on any atom is -0.464 e. The van der Waals surface area contributed by atoms with Crippen LogP contribution in [0.4, 0.5) is 11.5 Å². The highest BCUT2D eigenvalue weighted by molar-refractivity contribution is 5.88. The number of methoxy groups -OCH3 is 1. The van der Waals surface area contributed by atoms with Crippen LogP contribution >= 0.6 is 0 Å². The van der Waals surface area contributed by atoms with Gasteiger partial charge in [-0.3, -0.25) is 10.1 Å². The maximum Gasteiger partial charge on any atom is 0.356 e. The zero-order valence-electron chi connectivity index (χ0n) is 10.8. The first-order valence-corrected chi connectivity index (χ1v) is 5.93. The summed E-state index contributed by atoms with van der Waals surface area (Å²) in [5, 5.41) is 13.9. The van der Waals surface area contributed by atoms with E-state index in [9.17, 15) is 14.9 Å². The third-order valence-electron chi connectivity index (χ3n) is 3.25. The van der Waals surface area contributed by atoms with Crippen molar-refractivity contribution in [1.82, 2.24) is 4.98 Å². The van der Waals surface area contributed by atoms with Crippen molar-refractivity contribution in [2.24, 2.45) is 5.41 Å². The Morgan fingerprint density at radius 1 is 1.58 bits per heavy atom. The maximum atomic E-state index is 11.4. The maximum absolute atomic E-state index is 11.4. The topological polar surface area (TPSA) is 94.4 Å². The fraction of sp³-hybridized carbons (Fsp3) is 0.500. The number of aromatic nitrogens is 1. The minimum absolute atomic E-state index is 0.0524. The summed E-state index contributed by atoms with van der Waals surface area (Å²) in [5.74, 6) is -0.503. The molecule has 1 saturated carbocycles. The number of rotatable bonds is 5. The van der Waals surface area contributed by atoms with Crippen LogP contribution in [0.15, 0.2) is 12.1 Å². The normalized spacial score (nSPS) is 15.7. The molecular weight excluding hydrogens is 250 g/mol. The van der Waals surface area contributed by atoms with Crippen LogP contribution in [0.25, 0.3) is 0 Å². The molecule has 0 amide bonds. The molecule has 0 radical (unpaired) electrons. The molecule has 7 nitrogen and oxygen atoms in total. The Bertz CT molecular complexity index is 526. The third kappa shape index (κ3) is 2.98. The fourth-order valence-corrected chi connectivity index (χ4v) is 1.63. The first kappa shape index (κ1) is 13.3. The average molecular weight is 265 g/mol. The smallest absolute Gasteiger partial charge is 0.356 e. The molecule has 2 rings (SSSR count). The molecular formula is C12H15N3O4. The number of pyridine rings is 1. The Kier molecular flexibility index (Phi) is 3.37. The van der Waals surface area contributed by atoms with Gasteiger partial charge in [-0.05, 0) is 24.3 Å². The lowest BCUT2D eigenvalue weighted by Crippen LogP contribution is -2.15. The third-order valence-corrected chi connectivity index (χ3v) is 3.25. The molecule has 7 heteroatoms. The van der Waals surface area contributed by atoms with Crippen molar-refractivity contribution in [3.05, 3.63) is 27.9 Å². The Morgan fingerprint density at radius 3 is 2.79 bits per heavy atom. The molecule has 1 aliphatic carbocycles. The van der Waals surface area contributed by atoms with E-state index in [2.05, 4.69) is 22.0 Å².